The van der Waals surface area contributed by atoms with E-state index in [9.17, 15) is 4.79 Å². The van der Waals surface area contributed by atoms with E-state index >= 15 is 0 Å². The second-order valence-electron chi connectivity index (χ2n) is 4.12. The van der Waals surface area contributed by atoms with Crippen molar-refractivity contribution in [2.24, 2.45) is 0 Å². The Labute approximate surface area is 99.3 Å². The molecule has 0 unspecified atom stereocenters. The molecule has 1 heterocycles. The SMILES string of the molecule is O=CC1=CC=C(c2ccc3c(c2)OCO3)CC1. The molecule has 2 aliphatic rings. The highest BCUT2D eigenvalue weighted by atomic mass is 16.7. The topological polar surface area (TPSA) is 35.5 Å². The number of rotatable bonds is 2. The van der Waals surface area contributed by atoms with Gasteiger partial charge in [-0.3, -0.25) is 4.79 Å². The Morgan fingerprint density at radius 3 is 2.71 bits per heavy atom. The molecule has 1 aliphatic carbocycles. The maximum Gasteiger partial charge on any atom is 0.231 e. The lowest BCUT2D eigenvalue weighted by molar-refractivity contribution is -0.105. The summed E-state index contributed by atoms with van der Waals surface area (Å²) < 4.78 is 10.6. The molecular weight excluding hydrogens is 216 g/mol. The molecule has 0 amide bonds. The van der Waals surface area contributed by atoms with Crippen LogP contribution in [0.1, 0.15) is 18.4 Å². The average Bonchev–Trinajstić information content (AvgIpc) is 2.86. The fourth-order valence-electron chi connectivity index (χ4n) is 2.09. The molecule has 86 valence electrons. The lowest BCUT2D eigenvalue weighted by Gasteiger charge is -2.12. The Hall–Kier alpha value is -2.03. The predicted molar refractivity (Wildman–Crippen MR) is 63.9 cm³/mol. The van der Waals surface area contributed by atoms with Crippen LogP contribution in [0.25, 0.3) is 5.57 Å². The fraction of sp³-hybridized carbons (Fsp3) is 0.214. The van der Waals surface area contributed by atoms with Crippen molar-refractivity contribution in [3.63, 3.8) is 0 Å². The van der Waals surface area contributed by atoms with Crippen LogP contribution in [-0.4, -0.2) is 13.1 Å². The van der Waals surface area contributed by atoms with Gasteiger partial charge in [-0.25, -0.2) is 0 Å². The van der Waals surface area contributed by atoms with Gasteiger partial charge in [-0.05, 0) is 41.7 Å². The van der Waals surface area contributed by atoms with Crippen LogP contribution in [0.5, 0.6) is 11.5 Å². The van der Waals surface area contributed by atoms with Crippen molar-refractivity contribution in [3.05, 3.63) is 41.5 Å². The smallest absolute Gasteiger partial charge is 0.231 e. The molecule has 0 saturated heterocycles. The maximum absolute atomic E-state index is 10.6. The number of hydrogen-bond donors (Lipinski definition) is 0. The lowest BCUT2D eigenvalue weighted by atomic mass is 9.93. The number of fused-ring (bicyclic) bond motifs is 1. The van der Waals surface area contributed by atoms with Crippen molar-refractivity contribution in [2.45, 2.75) is 12.8 Å². The minimum atomic E-state index is 0.299. The summed E-state index contributed by atoms with van der Waals surface area (Å²) in [6.07, 6.45) is 6.52. The quantitative estimate of drug-likeness (QED) is 0.730. The van der Waals surface area contributed by atoms with Crippen molar-refractivity contribution in [3.8, 4) is 11.5 Å². The molecule has 3 nitrogen and oxygen atoms in total. The van der Waals surface area contributed by atoms with Gasteiger partial charge in [0.15, 0.2) is 11.5 Å². The summed E-state index contributed by atoms with van der Waals surface area (Å²) in [6.45, 7) is 0.299. The largest absolute Gasteiger partial charge is 0.454 e. The van der Waals surface area contributed by atoms with Crippen LogP contribution in [-0.2, 0) is 4.79 Å². The summed E-state index contributed by atoms with van der Waals surface area (Å²) in [5.74, 6) is 1.60. The Morgan fingerprint density at radius 1 is 1.06 bits per heavy atom. The van der Waals surface area contributed by atoms with Gasteiger partial charge in [-0.1, -0.05) is 18.2 Å². The van der Waals surface area contributed by atoms with Crippen LogP contribution in [0.3, 0.4) is 0 Å². The van der Waals surface area contributed by atoms with Gasteiger partial charge in [0.25, 0.3) is 0 Å². The van der Waals surface area contributed by atoms with Crippen LogP contribution in [0.4, 0.5) is 0 Å². The minimum absolute atomic E-state index is 0.299. The zero-order valence-corrected chi connectivity index (χ0v) is 9.31. The number of carbonyl (C=O) groups is 1. The summed E-state index contributed by atoms with van der Waals surface area (Å²) in [5.41, 5.74) is 3.22. The van der Waals surface area contributed by atoms with Gasteiger partial charge in [0, 0.05) is 0 Å². The summed E-state index contributed by atoms with van der Waals surface area (Å²) in [7, 11) is 0. The molecule has 3 rings (SSSR count). The van der Waals surface area contributed by atoms with Crippen LogP contribution in [0, 0.1) is 0 Å². The Kier molecular flexibility index (Phi) is 2.44. The first-order valence-corrected chi connectivity index (χ1v) is 5.62. The van der Waals surface area contributed by atoms with Gasteiger partial charge in [0.1, 0.15) is 6.29 Å². The fourth-order valence-corrected chi connectivity index (χ4v) is 2.09. The van der Waals surface area contributed by atoms with Gasteiger partial charge >= 0.3 is 0 Å². The molecule has 17 heavy (non-hydrogen) atoms. The molecular formula is C14H12O3. The van der Waals surface area contributed by atoms with Crippen molar-refractivity contribution >= 4 is 11.9 Å². The number of allylic oxidation sites excluding steroid dienone is 4. The lowest BCUT2D eigenvalue weighted by Crippen LogP contribution is -1.94. The van der Waals surface area contributed by atoms with Gasteiger partial charge in [0.05, 0.1) is 0 Å². The third kappa shape index (κ3) is 1.84. The highest BCUT2D eigenvalue weighted by Gasteiger charge is 2.15. The third-order valence-electron chi connectivity index (χ3n) is 3.08. The monoisotopic (exact) mass is 228 g/mol. The van der Waals surface area contributed by atoms with E-state index in [-0.39, 0.29) is 0 Å². The second-order valence-corrected chi connectivity index (χ2v) is 4.12. The van der Waals surface area contributed by atoms with E-state index in [2.05, 4.69) is 0 Å². The Bertz CT molecular complexity index is 526. The van der Waals surface area contributed by atoms with Gasteiger partial charge < -0.3 is 9.47 Å². The van der Waals surface area contributed by atoms with Gasteiger partial charge in [-0.15, -0.1) is 0 Å². The molecule has 0 N–H and O–H groups in total. The number of hydrogen-bond acceptors (Lipinski definition) is 3. The highest BCUT2D eigenvalue weighted by molar-refractivity contribution is 5.79. The summed E-state index contributed by atoms with van der Waals surface area (Å²) in [5, 5.41) is 0. The zero-order valence-electron chi connectivity index (χ0n) is 9.31. The second kappa shape index (κ2) is 4.09. The van der Waals surface area contributed by atoms with E-state index < -0.39 is 0 Å². The van der Waals surface area contributed by atoms with Crippen LogP contribution in [0.15, 0.2) is 35.9 Å². The number of aldehydes is 1. The van der Waals surface area contributed by atoms with Gasteiger partial charge in [-0.2, -0.15) is 0 Å². The average molecular weight is 228 g/mol. The van der Waals surface area contributed by atoms with Crippen LogP contribution >= 0.6 is 0 Å². The molecule has 1 aliphatic heterocycles. The van der Waals surface area contributed by atoms with Crippen molar-refractivity contribution in [1.29, 1.82) is 0 Å². The van der Waals surface area contributed by atoms with Crippen molar-refractivity contribution < 1.29 is 14.3 Å². The normalized spacial score (nSPS) is 17.4. The van der Waals surface area contributed by atoms with E-state index in [1.165, 1.54) is 5.57 Å². The van der Waals surface area contributed by atoms with E-state index in [1.54, 1.807) is 0 Å². The Morgan fingerprint density at radius 2 is 1.94 bits per heavy atom. The number of carbonyl (C=O) groups excluding carboxylic acids is 1. The standard InChI is InChI=1S/C14H12O3/c15-8-10-1-3-11(4-2-10)12-5-6-13-14(7-12)17-9-16-13/h1,3,5-8H,2,4,9H2. The predicted octanol–water partition coefficient (Wildman–Crippen LogP) is 2.72. The molecule has 0 spiro atoms. The van der Waals surface area contributed by atoms with Crippen LogP contribution < -0.4 is 9.47 Å². The molecule has 0 bridgehead atoms. The molecule has 0 radical (unpaired) electrons. The van der Waals surface area contributed by atoms with Crippen molar-refractivity contribution in [1.82, 2.24) is 0 Å². The molecule has 0 fully saturated rings. The Balaban J connectivity index is 1.93. The molecule has 1 aromatic carbocycles. The van der Waals surface area contributed by atoms with Crippen LogP contribution in [0.2, 0.25) is 0 Å². The van der Waals surface area contributed by atoms with Crippen molar-refractivity contribution in [2.75, 3.05) is 6.79 Å². The molecule has 0 atom stereocenters. The third-order valence-corrected chi connectivity index (χ3v) is 3.08. The first-order valence-electron chi connectivity index (χ1n) is 5.62. The molecule has 3 heteroatoms. The first kappa shape index (κ1) is 10.1. The minimum Gasteiger partial charge on any atom is -0.454 e. The van der Waals surface area contributed by atoms with Gasteiger partial charge in [0.2, 0.25) is 6.79 Å². The molecule has 1 aromatic rings. The molecule has 0 saturated carbocycles. The first-order chi connectivity index (χ1) is 8.36. The van der Waals surface area contributed by atoms with E-state index in [4.69, 9.17) is 9.47 Å². The van der Waals surface area contributed by atoms with E-state index in [1.807, 2.05) is 30.4 Å². The highest BCUT2D eigenvalue weighted by Crippen LogP contribution is 2.36. The maximum atomic E-state index is 10.6. The molecule has 0 aromatic heterocycles. The number of benzene rings is 1. The summed E-state index contributed by atoms with van der Waals surface area (Å²) >= 11 is 0. The van der Waals surface area contributed by atoms with E-state index in [0.29, 0.717) is 6.79 Å². The summed E-state index contributed by atoms with van der Waals surface area (Å²) in [6, 6.07) is 5.95. The summed E-state index contributed by atoms with van der Waals surface area (Å²) in [4.78, 5) is 10.6. The van der Waals surface area contributed by atoms with E-state index in [0.717, 1.165) is 41.8 Å². The number of ether oxygens (including phenoxy) is 2. The zero-order chi connectivity index (χ0) is 11.7.